The zero-order valence-corrected chi connectivity index (χ0v) is 13.4. The molecule has 0 aromatic heterocycles. The average Bonchev–Trinajstić information content (AvgIpc) is 2.34. The van der Waals surface area contributed by atoms with Crippen molar-refractivity contribution in [3.8, 4) is 0 Å². The van der Waals surface area contributed by atoms with Crippen LogP contribution in [0, 0.1) is 0 Å². The Morgan fingerprint density at radius 3 is 2.55 bits per heavy atom. The number of anilines is 1. The second kappa shape index (κ2) is 7.23. The van der Waals surface area contributed by atoms with Crippen molar-refractivity contribution in [2.45, 2.75) is 18.5 Å². The number of carbonyl (C=O) groups is 1. The molecule has 0 unspecified atom stereocenters. The van der Waals surface area contributed by atoms with Crippen LogP contribution in [0.2, 0.25) is 0 Å². The van der Waals surface area contributed by atoms with Crippen LogP contribution in [0.3, 0.4) is 0 Å². The second-order valence-electron chi connectivity index (χ2n) is 4.52. The molecule has 1 amide bonds. The van der Waals surface area contributed by atoms with Gasteiger partial charge < -0.3 is 5.32 Å². The van der Waals surface area contributed by atoms with Crippen molar-refractivity contribution in [1.29, 1.82) is 0 Å². The second-order valence-corrected chi connectivity index (χ2v) is 7.31. The Kier molecular flexibility index (Phi) is 6.12. The molecule has 1 atom stereocenters. The molecule has 0 heterocycles. The lowest BCUT2D eigenvalue weighted by Crippen LogP contribution is -2.29. The molecular formula is C12H15F3N2O3S2. The Morgan fingerprint density at radius 2 is 2.00 bits per heavy atom. The third-order valence-corrected chi connectivity index (χ3v) is 3.77. The van der Waals surface area contributed by atoms with E-state index in [9.17, 15) is 26.4 Å². The van der Waals surface area contributed by atoms with Gasteiger partial charge in [-0.25, -0.2) is 8.42 Å². The normalized spacial score (nSPS) is 13.5. The highest BCUT2D eigenvalue weighted by atomic mass is 32.2. The number of rotatable bonds is 6. The topological polar surface area (TPSA) is 75.3 Å². The summed E-state index contributed by atoms with van der Waals surface area (Å²) in [6.07, 6.45) is 0.999. The van der Waals surface area contributed by atoms with Gasteiger partial charge in [0, 0.05) is 5.69 Å². The summed E-state index contributed by atoms with van der Waals surface area (Å²) in [5.74, 6) is -1.48. The van der Waals surface area contributed by atoms with E-state index in [1.54, 1.807) is 19.1 Å². The SMILES string of the molecule is C[C@H](NC(=O)CSC(F)(F)F)c1cccc(NS(C)(=O)=O)c1. The third-order valence-electron chi connectivity index (χ3n) is 2.43. The minimum atomic E-state index is -4.46. The number of benzene rings is 1. The van der Waals surface area contributed by atoms with E-state index in [2.05, 4.69) is 10.0 Å². The fourth-order valence-electron chi connectivity index (χ4n) is 1.60. The van der Waals surface area contributed by atoms with Gasteiger partial charge in [0.05, 0.1) is 18.1 Å². The van der Waals surface area contributed by atoms with E-state index in [-0.39, 0.29) is 0 Å². The number of hydrogen-bond donors (Lipinski definition) is 2. The van der Waals surface area contributed by atoms with Crippen molar-refractivity contribution < 1.29 is 26.4 Å². The van der Waals surface area contributed by atoms with Gasteiger partial charge in [-0.05, 0) is 36.4 Å². The van der Waals surface area contributed by atoms with E-state index < -0.39 is 45.0 Å². The summed E-state index contributed by atoms with van der Waals surface area (Å²) >= 11 is -0.414. The molecule has 1 aromatic carbocycles. The van der Waals surface area contributed by atoms with Crippen LogP contribution in [-0.2, 0) is 14.8 Å². The van der Waals surface area contributed by atoms with Crippen molar-refractivity contribution in [2.24, 2.45) is 0 Å². The molecule has 0 aliphatic heterocycles. The molecule has 124 valence electrons. The quantitative estimate of drug-likeness (QED) is 0.821. The Morgan fingerprint density at radius 1 is 1.36 bits per heavy atom. The highest BCUT2D eigenvalue weighted by Gasteiger charge is 2.29. The lowest BCUT2D eigenvalue weighted by molar-refractivity contribution is -0.119. The Labute approximate surface area is 130 Å². The van der Waals surface area contributed by atoms with Crippen LogP contribution in [-0.4, -0.2) is 31.8 Å². The fourth-order valence-corrected chi connectivity index (χ4v) is 2.53. The molecule has 1 aromatic rings. The zero-order valence-electron chi connectivity index (χ0n) is 11.8. The van der Waals surface area contributed by atoms with Gasteiger partial charge in [0.15, 0.2) is 0 Å². The molecule has 22 heavy (non-hydrogen) atoms. The van der Waals surface area contributed by atoms with E-state index in [4.69, 9.17) is 0 Å². The maximum atomic E-state index is 12.0. The molecule has 10 heteroatoms. The first kappa shape index (κ1) is 18.6. The molecule has 0 aliphatic rings. The first-order valence-corrected chi connectivity index (χ1v) is 8.92. The molecule has 0 spiro atoms. The van der Waals surface area contributed by atoms with Gasteiger partial charge in [0.2, 0.25) is 15.9 Å². The van der Waals surface area contributed by atoms with Gasteiger partial charge in [0.25, 0.3) is 0 Å². The Bertz CT molecular complexity index is 633. The van der Waals surface area contributed by atoms with E-state index in [0.29, 0.717) is 11.3 Å². The maximum Gasteiger partial charge on any atom is 0.442 e. The van der Waals surface area contributed by atoms with Crippen LogP contribution >= 0.6 is 11.8 Å². The lowest BCUT2D eigenvalue weighted by Gasteiger charge is -2.16. The summed E-state index contributed by atoms with van der Waals surface area (Å²) in [4.78, 5) is 11.4. The predicted octanol–water partition coefficient (Wildman–Crippen LogP) is 2.49. The predicted molar refractivity (Wildman–Crippen MR) is 80.0 cm³/mol. The van der Waals surface area contributed by atoms with Crippen LogP contribution in [0.1, 0.15) is 18.5 Å². The number of halogens is 3. The molecule has 0 aliphatic carbocycles. The first-order chi connectivity index (χ1) is 9.96. The third kappa shape index (κ3) is 7.55. The number of nitrogens with one attached hydrogen (secondary N) is 2. The van der Waals surface area contributed by atoms with Gasteiger partial charge in [-0.15, -0.1) is 0 Å². The first-order valence-electron chi connectivity index (χ1n) is 6.04. The number of carbonyl (C=O) groups excluding carboxylic acids is 1. The summed E-state index contributed by atoms with van der Waals surface area (Å²) in [6, 6.07) is 5.69. The van der Waals surface area contributed by atoms with Crippen molar-refractivity contribution in [1.82, 2.24) is 5.32 Å². The largest absolute Gasteiger partial charge is 0.442 e. The minimum absolute atomic E-state index is 0.311. The number of thioether (sulfide) groups is 1. The molecule has 5 nitrogen and oxygen atoms in total. The molecular weight excluding hydrogens is 341 g/mol. The van der Waals surface area contributed by atoms with Crippen LogP contribution in [0.4, 0.5) is 18.9 Å². The minimum Gasteiger partial charge on any atom is -0.349 e. The highest BCUT2D eigenvalue weighted by molar-refractivity contribution is 8.00. The fraction of sp³-hybridized carbons (Fsp3) is 0.417. The summed E-state index contributed by atoms with van der Waals surface area (Å²) in [7, 11) is -3.43. The Balaban J connectivity index is 2.67. The molecule has 0 fully saturated rings. The molecule has 0 radical (unpaired) electrons. The van der Waals surface area contributed by atoms with E-state index in [0.717, 1.165) is 6.26 Å². The van der Waals surface area contributed by atoms with Crippen LogP contribution < -0.4 is 10.0 Å². The van der Waals surface area contributed by atoms with E-state index in [1.807, 2.05) is 0 Å². The highest BCUT2D eigenvalue weighted by Crippen LogP contribution is 2.29. The van der Waals surface area contributed by atoms with Crippen molar-refractivity contribution >= 4 is 33.4 Å². The standard InChI is InChI=1S/C12H15F3N2O3S2/c1-8(16-11(18)7-21-12(13,14)15)9-4-3-5-10(6-9)17-22(2,19)20/h3-6,8,17H,7H2,1-2H3,(H,16,18)/t8-/m0/s1. The smallest absolute Gasteiger partial charge is 0.349 e. The van der Waals surface area contributed by atoms with Gasteiger partial charge in [-0.1, -0.05) is 12.1 Å². The number of hydrogen-bond acceptors (Lipinski definition) is 4. The van der Waals surface area contributed by atoms with Gasteiger partial charge in [-0.2, -0.15) is 13.2 Å². The average molecular weight is 356 g/mol. The van der Waals surface area contributed by atoms with Gasteiger partial charge >= 0.3 is 5.51 Å². The van der Waals surface area contributed by atoms with Crippen LogP contribution in [0.25, 0.3) is 0 Å². The number of alkyl halides is 3. The van der Waals surface area contributed by atoms with Crippen molar-refractivity contribution in [3.63, 3.8) is 0 Å². The Hall–Kier alpha value is -1.42. The lowest BCUT2D eigenvalue weighted by atomic mass is 10.1. The van der Waals surface area contributed by atoms with E-state index in [1.165, 1.54) is 12.1 Å². The monoisotopic (exact) mass is 356 g/mol. The van der Waals surface area contributed by atoms with Gasteiger partial charge in [0.1, 0.15) is 0 Å². The molecule has 0 saturated carbocycles. The zero-order chi connectivity index (χ0) is 17.0. The van der Waals surface area contributed by atoms with Gasteiger partial charge in [-0.3, -0.25) is 9.52 Å². The summed E-state index contributed by atoms with van der Waals surface area (Å²) < 4.78 is 60.6. The van der Waals surface area contributed by atoms with E-state index >= 15 is 0 Å². The van der Waals surface area contributed by atoms with Crippen LogP contribution in [0.5, 0.6) is 0 Å². The van der Waals surface area contributed by atoms with Crippen LogP contribution in [0.15, 0.2) is 24.3 Å². The maximum absolute atomic E-state index is 12.0. The number of sulfonamides is 1. The summed E-state index contributed by atoms with van der Waals surface area (Å²) in [5, 5.41) is 2.42. The van der Waals surface area contributed by atoms with Crippen molar-refractivity contribution in [2.75, 3.05) is 16.7 Å². The summed E-state index contributed by atoms with van der Waals surface area (Å²) in [6.45, 7) is 1.59. The number of amides is 1. The van der Waals surface area contributed by atoms with Crippen molar-refractivity contribution in [3.05, 3.63) is 29.8 Å². The molecule has 0 saturated heterocycles. The molecule has 0 bridgehead atoms. The molecule has 2 N–H and O–H groups in total. The summed E-state index contributed by atoms with van der Waals surface area (Å²) in [5.41, 5.74) is -3.58. The molecule has 1 rings (SSSR count).